The van der Waals surface area contributed by atoms with E-state index in [1.807, 2.05) is 23.9 Å². The topological polar surface area (TPSA) is 15.3 Å². The van der Waals surface area contributed by atoms with Crippen LogP contribution in [0.25, 0.3) is 0 Å². The highest BCUT2D eigenvalue weighted by atomic mass is 32.2. The van der Waals surface area contributed by atoms with E-state index in [9.17, 15) is 4.39 Å². The molecule has 1 saturated carbocycles. The number of halogens is 1. The largest absolute Gasteiger partial charge is 0.313 e. The zero-order valence-electron chi connectivity index (χ0n) is 12.6. The van der Waals surface area contributed by atoms with Gasteiger partial charge in [-0.15, -0.1) is 11.8 Å². The molecule has 4 heteroatoms. The molecule has 21 heavy (non-hydrogen) atoms. The minimum Gasteiger partial charge on any atom is -0.313 e. The molecule has 0 spiro atoms. The standard InChI is InChI=1S/C17H25FN2S/c18-15-5-7-17(8-6-15)21-11-10-20(12-14-3-4-14)13-16-2-1-9-19-16/h5-8,14,16,19H,1-4,9-13H2. The fourth-order valence-corrected chi connectivity index (χ4v) is 3.88. The lowest BCUT2D eigenvalue weighted by Gasteiger charge is -2.25. The highest BCUT2D eigenvalue weighted by Crippen LogP contribution is 2.30. The average molecular weight is 308 g/mol. The molecule has 2 aliphatic rings. The lowest BCUT2D eigenvalue weighted by Crippen LogP contribution is -2.39. The number of nitrogens with zero attached hydrogens (tertiary/aromatic N) is 1. The predicted molar refractivity (Wildman–Crippen MR) is 87.3 cm³/mol. The summed E-state index contributed by atoms with van der Waals surface area (Å²) in [7, 11) is 0. The second-order valence-electron chi connectivity index (χ2n) is 6.30. The maximum atomic E-state index is 12.9. The Morgan fingerprint density at radius 2 is 1.95 bits per heavy atom. The first-order valence-electron chi connectivity index (χ1n) is 8.14. The second-order valence-corrected chi connectivity index (χ2v) is 7.47. The molecular formula is C17H25FN2S. The van der Waals surface area contributed by atoms with Gasteiger partial charge in [0.25, 0.3) is 0 Å². The first-order chi connectivity index (χ1) is 10.3. The molecular weight excluding hydrogens is 283 g/mol. The van der Waals surface area contributed by atoms with Crippen molar-refractivity contribution in [3.8, 4) is 0 Å². The van der Waals surface area contributed by atoms with Gasteiger partial charge in [-0.2, -0.15) is 0 Å². The molecule has 2 nitrogen and oxygen atoms in total. The van der Waals surface area contributed by atoms with Crippen LogP contribution in [0, 0.1) is 11.7 Å². The minimum atomic E-state index is -0.151. The number of hydrogen-bond donors (Lipinski definition) is 1. The first-order valence-corrected chi connectivity index (χ1v) is 9.12. The molecule has 1 aliphatic carbocycles. The van der Waals surface area contributed by atoms with Crippen LogP contribution in [-0.4, -0.2) is 42.9 Å². The summed E-state index contributed by atoms with van der Waals surface area (Å²) in [6.07, 6.45) is 5.48. The number of benzene rings is 1. The van der Waals surface area contributed by atoms with Crippen LogP contribution in [-0.2, 0) is 0 Å². The Morgan fingerprint density at radius 1 is 1.14 bits per heavy atom. The summed E-state index contributed by atoms with van der Waals surface area (Å²) < 4.78 is 12.9. The number of thioether (sulfide) groups is 1. The summed E-state index contributed by atoms with van der Waals surface area (Å²) in [4.78, 5) is 3.80. The third kappa shape index (κ3) is 5.28. The third-order valence-corrected chi connectivity index (χ3v) is 5.34. The Hall–Kier alpha value is -0.580. The van der Waals surface area contributed by atoms with Crippen LogP contribution in [0.2, 0.25) is 0 Å². The van der Waals surface area contributed by atoms with Gasteiger partial charge in [0.1, 0.15) is 5.82 Å². The van der Waals surface area contributed by atoms with Crippen LogP contribution in [0.5, 0.6) is 0 Å². The molecule has 0 aromatic heterocycles. The van der Waals surface area contributed by atoms with Gasteiger partial charge < -0.3 is 10.2 Å². The van der Waals surface area contributed by atoms with Crippen molar-refractivity contribution in [2.75, 3.05) is 31.9 Å². The van der Waals surface area contributed by atoms with Crippen LogP contribution in [0.1, 0.15) is 25.7 Å². The van der Waals surface area contributed by atoms with Gasteiger partial charge in [0, 0.05) is 36.3 Å². The lowest BCUT2D eigenvalue weighted by atomic mass is 10.2. The molecule has 0 radical (unpaired) electrons. The maximum Gasteiger partial charge on any atom is 0.123 e. The molecule has 0 bridgehead atoms. The van der Waals surface area contributed by atoms with Crippen molar-refractivity contribution in [2.24, 2.45) is 5.92 Å². The van der Waals surface area contributed by atoms with Gasteiger partial charge in [0.05, 0.1) is 0 Å². The van der Waals surface area contributed by atoms with Crippen molar-refractivity contribution in [3.63, 3.8) is 0 Å². The Labute approximate surface area is 131 Å². The van der Waals surface area contributed by atoms with Crippen LogP contribution in [0.15, 0.2) is 29.2 Å². The first kappa shape index (κ1) is 15.3. The quantitative estimate of drug-likeness (QED) is 0.741. The van der Waals surface area contributed by atoms with E-state index < -0.39 is 0 Å². The number of hydrogen-bond acceptors (Lipinski definition) is 3. The normalized spacial score (nSPS) is 22.1. The van der Waals surface area contributed by atoms with Gasteiger partial charge in [-0.3, -0.25) is 0 Å². The fourth-order valence-electron chi connectivity index (χ4n) is 2.97. The van der Waals surface area contributed by atoms with E-state index in [1.54, 1.807) is 12.1 Å². The van der Waals surface area contributed by atoms with Crippen LogP contribution >= 0.6 is 11.8 Å². The molecule has 1 unspecified atom stereocenters. The third-order valence-electron chi connectivity index (χ3n) is 4.34. The predicted octanol–water partition coefficient (Wildman–Crippen LogP) is 3.38. The van der Waals surface area contributed by atoms with E-state index >= 15 is 0 Å². The number of nitrogens with one attached hydrogen (secondary N) is 1. The van der Waals surface area contributed by atoms with Crippen molar-refractivity contribution in [1.82, 2.24) is 10.2 Å². The Kier molecular flexibility index (Phi) is 5.55. The fraction of sp³-hybridized carbons (Fsp3) is 0.647. The Bertz CT molecular complexity index is 427. The molecule has 1 atom stereocenters. The summed E-state index contributed by atoms with van der Waals surface area (Å²) in [6.45, 7) is 4.78. The summed E-state index contributed by atoms with van der Waals surface area (Å²) in [5, 5.41) is 3.60. The number of rotatable bonds is 8. The molecule has 0 amide bonds. The van der Waals surface area contributed by atoms with Gasteiger partial charge in [0.15, 0.2) is 0 Å². The maximum absolute atomic E-state index is 12.9. The Balaban J connectivity index is 1.43. The molecule has 1 aromatic carbocycles. The van der Waals surface area contributed by atoms with Gasteiger partial charge in [-0.1, -0.05) is 0 Å². The van der Waals surface area contributed by atoms with Crippen molar-refractivity contribution >= 4 is 11.8 Å². The monoisotopic (exact) mass is 308 g/mol. The van der Waals surface area contributed by atoms with Crippen molar-refractivity contribution in [2.45, 2.75) is 36.6 Å². The van der Waals surface area contributed by atoms with E-state index in [4.69, 9.17) is 0 Å². The van der Waals surface area contributed by atoms with E-state index in [0.29, 0.717) is 6.04 Å². The summed E-state index contributed by atoms with van der Waals surface area (Å²) in [5.41, 5.74) is 0. The van der Waals surface area contributed by atoms with Gasteiger partial charge in [0.2, 0.25) is 0 Å². The molecule has 1 aliphatic heterocycles. The SMILES string of the molecule is Fc1ccc(SCCN(CC2CC2)CC2CCCN2)cc1. The van der Waals surface area contributed by atoms with Crippen molar-refractivity contribution in [1.29, 1.82) is 0 Å². The summed E-state index contributed by atoms with van der Waals surface area (Å²) >= 11 is 1.83. The zero-order valence-corrected chi connectivity index (χ0v) is 13.4. The minimum absolute atomic E-state index is 0.151. The van der Waals surface area contributed by atoms with Crippen LogP contribution in [0.4, 0.5) is 4.39 Å². The van der Waals surface area contributed by atoms with Crippen LogP contribution < -0.4 is 5.32 Å². The molecule has 3 rings (SSSR count). The second kappa shape index (κ2) is 7.61. The summed E-state index contributed by atoms with van der Waals surface area (Å²) in [5.74, 6) is 1.88. The highest BCUT2D eigenvalue weighted by molar-refractivity contribution is 7.99. The van der Waals surface area contributed by atoms with Gasteiger partial charge >= 0.3 is 0 Å². The smallest absolute Gasteiger partial charge is 0.123 e. The van der Waals surface area contributed by atoms with E-state index in [0.717, 1.165) is 18.2 Å². The van der Waals surface area contributed by atoms with Crippen LogP contribution in [0.3, 0.4) is 0 Å². The Morgan fingerprint density at radius 3 is 2.62 bits per heavy atom. The zero-order chi connectivity index (χ0) is 14.5. The molecule has 1 saturated heterocycles. The molecule has 1 N–H and O–H groups in total. The van der Waals surface area contributed by atoms with E-state index in [2.05, 4.69) is 10.2 Å². The van der Waals surface area contributed by atoms with E-state index in [-0.39, 0.29) is 5.82 Å². The molecule has 1 aromatic rings. The average Bonchev–Trinajstić information content (AvgIpc) is 3.14. The lowest BCUT2D eigenvalue weighted by molar-refractivity contribution is 0.253. The van der Waals surface area contributed by atoms with Gasteiger partial charge in [-0.05, 0) is 62.4 Å². The molecule has 2 fully saturated rings. The van der Waals surface area contributed by atoms with Crippen molar-refractivity contribution < 1.29 is 4.39 Å². The van der Waals surface area contributed by atoms with Crippen molar-refractivity contribution in [3.05, 3.63) is 30.1 Å². The van der Waals surface area contributed by atoms with E-state index in [1.165, 1.54) is 50.2 Å². The highest BCUT2D eigenvalue weighted by Gasteiger charge is 2.26. The molecule has 116 valence electrons. The summed E-state index contributed by atoms with van der Waals surface area (Å²) in [6, 6.07) is 7.55. The van der Waals surface area contributed by atoms with Gasteiger partial charge in [-0.25, -0.2) is 4.39 Å². The molecule has 1 heterocycles.